The Labute approximate surface area is 93.2 Å². The van der Waals surface area contributed by atoms with E-state index in [-0.39, 0.29) is 0 Å². The molecule has 0 amide bonds. The minimum Gasteiger partial charge on any atom is -0.205 e. The molecule has 0 spiro atoms. The third-order valence-corrected chi connectivity index (χ3v) is 3.75. The van der Waals surface area contributed by atoms with Crippen LogP contribution in [0.3, 0.4) is 0 Å². The van der Waals surface area contributed by atoms with Crippen molar-refractivity contribution in [2.24, 2.45) is 16.7 Å². The van der Waals surface area contributed by atoms with Gasteiger partial charge in [0.05, 0.1) is 0 Å². The van der Waals surface area contributed by atoms with Crippen LogP contribution in [-0.2, 0) is 0 Å². The Morgan fingerprint density at radius 1 is 0.750 bits per heavy atom. The van der Waals surface area contributed by atoms with Crippen molar-refractivity contribution in [3.63, 3.8) is 0 Å². The van der Waals surface area contributed by atoms with Crippen molar-refractivity contribution >= 4 is 0 Å². The molecule has 98 valence electrons. The molecule has 0 bridgehead atoms. The van der Waals surface area contributed by atoms with E-state index in [1.165, 1.54) is 27.7 Å². The Morgan fingerprint density at radius 3 is 1.25 bits per heavy atom. The predicted molar refractivity (Wildman–Crippen MR) is 53.4 cm³/mol. The fourth-order valence-electron chi connectivity index (χ4n) is 1.35. The van der Waals surface area contributed by atoms with Gasteiger partial charge < -0.3 is 0 Å². The van der Waals surface area contributed by atoms with E-state index in [1.807, 2.05) is 0 Å². The molecule has 0 saturated heterocycles. The second kappa shape index (κ2) is 3.84. The van der Waals surface area contributed by atoms with Crippen molar-refractivity contribution in [2.75, 3.05) is 0 Å². The van der Waals surface area contributed by atoms with Crippen LogP contribution in [-0.4, -0.2) is 12.1 Å². The number of alkyl halides is 5. The molecule has 0 aromatic rings. The van der Waals surface area contributed by atoms with Crippen LogP contribution in [0.2, 0.25) is 0 Å². The van der Waals surface area contributed by atoms with Crippen LogP contribution in [0.5, 0.6) is 0 Å². The first-order valence-corrected chi connectivity index (χ1v) is 5.14. The first-order valence-electron chi connectivity index (χ1n) is 5.14. The quantitative estimate of drug-likeness (QED) is 0.622. The Kier molecular flexibility index (Phi) is 3.76. The smallest absolute Gasteiger partial charge is 0.205 e. The maximum Gasteiger partial charge on any atom is 0.399 e. The van der Waals surface area contributed by atoms with Gasteiger partial charge in [0.2, 0.25) is 0 Å². The summed E-state index contributed by atoms with van der Waals surface area (Å²) in [5, 5.41) is 0. The minimum atomic E-state index is -4.93. The van der Waals surface area contributed by atoms with Gasteiger partial charge in [0.15, 0.2) is 0 Å². The van der Waals surface area contributed by atoms with Crippen molar-refractivity contribution in [3.8, 4) is 0 Å². The summed E-state index contributed by atoms with van der Waals surface area (Å²) in [7, 11) is 0. The van der Waals surface area contributed by atoms with Gasteiger partial charge in [0.1, 0.15) is 5.41 Å². The lowest BCUT2D eigenvalue weighted by Gasteiger charge is -2.46. The lowest BCUT2D eigenvalue weighted by atomic mass is 9.65. The molecule has 0 aliphatic carbocycles. The van der Waals surface area contributed by atoms with Gasteiger partial charge in [-0.25, -0.2) is 8.78 Å². The summed E-state index contributed by atoms with van der Waals surface area (Å²) in [4.78, 5) is 0. The third kappa shape index (κ3) is 2.05. The summed E-state index contributed by atoms with van der Waals surface area (Å²) in [5.74, 6) is -4.38. The molecule has 0 aliphatic rings. The molecule has 0 heterocycles. The molecule has 0 aliphatic heterocycles. The van der Waals surface area contributed by atoms with Crippen LogP contribution < -0.4 is 0 Å². The fourth-order valence-corrected chi connectivity index (χ4v) is 1.35. The Hall–Kier alpha value is -0.350. The van der Waals surface area contributed by atoms with E-state index in [0.717, 1.165) is 0 Å². The lowest BCUT2D eigenvalue weighted by Crippen LogP contribution is -2.57. The molecular weight excluding hydrogens is 227 g/mol. The molecule has 0 atom stereocenters. The zero-order chi connectivity index (χ0) is 13.6. The van der Waals surface area contributed by atoms with E-state index in [9.17, 15) is 22.0 Å². The molecule has 0 aromatic heterocycles. The first-order chi connectivity index (χ1) is 6.69. The first kappa shape index (κ1) is 15.7. The molecule has 0 unspecified atom stereocenters. The van der Waals surface area contributed by atoms with Gasteiger partial charge in [0.25, 0.3) is 5.92 Å². The minimum absolute atomic E-state index is 0.552. The van der Waals surface area contributed by atoms with Crippen LogP contribution in [0.25, 0.3) is 0 Å². The molecule has 0 radical (unpaired) electrons. The molecular formula is C11H19F5. The SMILES string of the molecule is CC(C)C(C)(C)C(F)(F)C(C)(C)C(F)(F)F. The van der Waals surface area contributed by atoms with E-state index in [4.69, 9.17) is 0 Å². The normalized spacial score (nSPS) is 15.8. The molecule has 0 fully saturated rings. The number of hydrogen-bond acceptors (Lipinski definition) is 0. The summed E-state index contributed by atoms with van der Waals surface area (Å²) in [6, 6.07) is 0. The topological polar surface area (TPSA) is 0 Å². The van der Waals surface area contributed by atoms with Gasteiger partial charge >= 0.3 is 6.18 Å². The molecule has 5 heteroatoms. The second-order valence-electron chi connectivity index (χ2n) is 5.57. The highest BCUT2D eigenvalue weighted by Crippen LogP contribution is 2.58. The highest BCUT2D eigenvalue weighted by molar-refractivity contribution is 5.00. The molecule has 0 saturated carbocycles. The average Bonchev–Trinajstić information content (AvgIpc) is 2.00. The fraction of sp³-hybridized carbons (Fsp3) is 1.00. The van der Waals surface area contributed by atoms with Gasteiger partial charge in [0, 0.05) is 5.41 Å². The molecule has 0 rings (SSSR count). The number of halogens is 5. The largest absolute Gasteiger partial charge is 0.399 e. The predicted octanol–water partition coefficient (Wildman–Crippen LogP) is 4.89. The maximum atomic E-state index is 14.0. The summed E-state index contributed by atoms with van der Waals surface area (Å²) in [6.45, 7) is 6.45. The molecule has 0 nitrogen and oxygen atoms in total. The van der Waals surface area contributed by atoms with E-state index < -0.39 is 28.8 Å². The van der Waals surface area contributed by atoms with E-state index in [1.54, 1.807) is 0 Å². The van der Waals surface area contributed by atoms with Crippen LogP contribution in [0, 0.1) is 16.7 Å². The van der Waals surface area contributed by atoms with Crippen molar-refractivity contribution in [1.82, 2.24) is 0 Å². The van der Waals surface area contributed by atoms with Crippen LogP contribution in [0.15, 0.2) is 0 Å². The van der Waals surface area contributed by atoms with Gasteiger partial charge in [-0.15, -0.1) is 0 Å². The Bertz CT molecular complexity index is 248. The summed E-state index contributed by atoms with van der Waals surface area (Å²) in [5.41, 5.74) is -4.75. The van der Waals surface area contributed by atoms with Crippen molar-refractivity contribution in [3.05, 3.63) is 0 Å². The molecule has 0 aromatic carbocycles. The zero-order valence-corrected chi connectivity index (χ0v) is 10.5. The van der Waals surface area contributed by atoms with Crippen LogP contribution >= 0.6 is 0 Å². The van der Waals surface area contributed by atoms with Gasteiger partial charge in [-0.05, 0) is 19.8 Å². The summed E-state index contributed by atoms with van der Waals surface area (Å²) < 4.78 is 65.9. The van der Waals surface area contributed by atoms with Crippen molar-refractivity contribution in [2.45, 2.75) is 53.6 Å². The maximum absolute atomic E-state index is 14.0. The second-order valence-corrected chi connectivity index (χ2v) is 5.57. The Balaban J connectivity index is 5.53. The van der Waals surface area contributed by atoms with Crippen molar-refractivity contribution < 1.29 is 22.0 Å². The highest BCUT2D eigenvalue weighted by Gasteiger charge is 2.68. The van der Waals surface area contributed by atoms with E-state index >= 15 is 0 Å². The van der Waals surface area contributed by atoms with Crippen molar-refractivity contribution in [1.29, 1.82) is 0 Å². The van der Waals surface area contributed by atoms with Crippen LogP contribution in [0.1, 0.15) is 41.5 Å². The highest BCUT2D eigenvalue weighted by atomic mass is 19.4. The zero-order valence-electron chi connectivity index (χ0n) is 10.5. The Morgan fingerprint density at radius 2 is 1.06 bits per heavy atom. The van der Waals surface area contributed by atoms with Gasteiger partial charge in [-0.1, -0.05) is 27.7 Å². The van der Waals surface area contributed by atoms with E-state index in [2.05, 4.69) is 0 Å². The van der Waals surface area contributed by atoms with Gasteiger partial charge in [-0.2, -0.15) is 13.2 Å². The lowest BCUT2D eigenvalue weighted by molar-refractivity contribution is -0.318. The average molecular weight is 246 g/mol. The molecule has 16 heavy (non-hydrogen) atoms. The van der Waals surface area contributed by atoms with Gasteiger partial charge in [-0.3, -0.25) is 0 Å². The third-order valence-electron chi connectivity index (χ3n) is 3.75. The summed E-state index contributed by atoms with van der Waals surface area (Å²) in [6.07, 6.45) is -4.93. The van der Waals surface area contributed by atoms with Crippen LogP contribution in [0.4, 0.5) is 22.0 Å². The molecule has 0 N–H and O–H groups in total. The monoisotopic (exact) mass is 246 g/mol. The standard InChI is InChI=1S/C11H19F5/c1-7(2)8(3,4)10(12,13)9(5,6)11(14,15)16/h7H,1-6H3. The van der Waals surface area contributed by atoms with E-state index in [0.29, 0.717) is 13.8 Å². The number of hydrogen-bond donors (Lipinski definition) is 0. The summed E-state index contributed by atoms with van der Waals surface area (Å²) >= 11 is 0. The number of rotatable bonds is 3.